The maximum Gasteiger partial charge on any atom is 0.310 e. The summed E-state index contributed by atoms with van der Waals surface area (Å²) in [5.74, 6) is -0.643. The molecule has 0 aromatic heterocycles. The summed E-state index contributed by atoms with van der Waals surface area (Å²) in [6.07, 6.45) is 0.125. The second kappa shape index (κ2) is 9.17. The highest BCUT2D eigenvalue weighted by atomic mass is 16.5. The van der Waals surface area contributed by atoms with Crippen LogP contribution in [0.25, 0.3) is 11.1 Å². The van der Waals surface area contributed by atoms with E-state index in [2.05, 4.69) is 0 Å². The number of carbonyl (C=O) groups excluding carboxylic acids is 3. The smallest absolute Gasteiger partial charge is 0.310 e. The van der Waals surface area contributed by atoms with Gasteiger partial charge >= 0.3 is 5.97 Å². The van der Waals surface area contributed by atoms with Gasteiger partial charge in [0.2, 0.25) is 5.91 Å². The highest BCUT2D eigenvalue weighted by molar-refractivity contribution is 5.82. The molecule has 1 saturated heterocycles. The van der Waals surface area contributed by atoms with E-state index in [0.717, 1.165) is 16.7 Å². The second-order valence-corrected chi connectivity index (χ2v) is 6.79. The standard InChI is InChI=1S/C22H24N2O4/c1-17(25)23-11-13-24(14-12-23)21(26)16-28-22(27)15-18-7-9-20(10-8-18)19-5-3-2-4-6-19/h2-10H,11-16H2,1H3. The molecule has 6 nitrogen and oxygen atoms in total. The molecular weight excluding hydrogens is 356 g/mol. The Morgan fingerprint density at radius 3 is 2.00 bits per heavy atom. The van der Waals surface area contributed by atoms with Crippen LogP contribution in [0.2, 0.25) is 0 Å². The van der Waals surface area contributed by atoms with Crippen molar-refractivity contribution in [3.63, 3.8) is 0 Å². The largest absolute Gasteiger partial charge is 0.455 e. The Hall–Kier alpha value is -3.15. The van der Waals surface area contributed by atoms with E-state index >= 15 is 0 Å². The van der Waals surface area contributed by atoms with Gasteiger partial charge in [0.1, 0.15) is 0 Å². The molecule has 2 aromatic rings. The SMILES string of the molecule is CC(=O)N1CCN(C(=O)COC(=O)Cc2ccc(-c3ccccc3)cc2)CC1. The predicted octanol–water partition coefficient (Wildman–Crippen LogP) is 2.13. The van der Waals surface area contributed by atoms with Gasteiger partial charge in [0.05, 0.1) is 6.42 Å². The lowest BCUT2D eigenvalue weighted by Crippen LogP contribution is -2.51. The summed E-state index contributed by atoms with van der Waals surface area (Å²) in [5, 5.41) is 0. The molecule has 3 rings (SSSR count). The molecule has 6 heteroatoms. The first-order valence-corrected chi connectivity index (χ1v) is 9.36. The first kappa shape index (κ1) is 19.6. The lowest BCUT2D eigenvalue weighted by Gasteiger charge is -2.34. The van der Waals surface area contributed by atoms with Crippen LogP contribution in [0.1, 0.15) is 12.5 Å². The number of ether oxygens (including phenoxy) is 1. The van der Waals surface area contributed by atoms with Gasteiger partial charge in [-0.05, 0) is 16.7 Å². The highest BCUT2D eigenvalue weighted by Gasteiger charge is 2.23. The summed E-state index contributed by atoms with van der Waals surface area (Å²) in [6, 6.07) is 17.7. The molecule has 0 N–H and O–H groups in total. The third kappa shape index (κ3) is 5.19. The van der Waals surface area contributed by atoms with E-state index in [-0.39, 0.29) is 24.8 Å². The van der Waals surface area contributed by atoms with E-state index in [0.29, 0.717) is 26.2 Å². The Balaban J connectivity index is 1.44. The number of hydrogen-bond acceptors (Lipinski definition) is 4. The Labute approximate surface area is 164 Å². The Kier molecular flexibility index (Phi) is 6.42. The summed E-state index contributed by atoms with van der Waals surface area (Å²) in [7, 11) is 0. The quantitative estimate of drug-likeness (QED) is 0.746. The molecular formula is C22H24N2O4. The maximum atomic E-state index is 12.2. The molecule has 1 aliphatic heterocycles. The molecule has 0 aliphatic carbocycles. The van der Waals surface area contributed by atoms with Crippen molar-refractivity contribution < 1.29 is 19.1 Å². The number of rotatable bonds is 5. The number of hydrogen-bond donors (Lipinski definition) is 0. The molecule has 2 amide bonds. The first-order valence-electron chi connectivity index (χ1n) is 9.36. The average molecular weight is 380 g/mol. The number of esters is 1. The van der Waals surface area contributed by atoms with Crippen molar-refractivity contribution in [3.8, 4) is 11.1 Å². The van der Waals surface area contributed by atoms with Crippen molar-refractivity contribution in [2.45, 2.75) is 13.3 Å². The van der Waals surface area contributed by atoms with Gasteiger partial charge in [-0.15, -0.1) is 0 Å². The normalized spacial score (nSPS) is 13.9. The van der Waals surface area contributed by atoms with Crippen LogP contribution in [0.4, 0.5) is 0 Å². The lowest BCUT2D eigenvalue weighted by atomic mass is 10.0. The molecule has 1 aliphatic rings. The van der Waals surface area contributed by atoms with Gasteiger partial charge < -0.3 is 14.5 Å². The van der Waals surface area contributed by atoms with Crippen molar-refractivity contribution in [1.82, 2.24) is 9.80 Å². The fourth-order valence-electron chi connectivity index (χ4n) is 3.17. The molecule has 1 fully saturated rings. The monoisotopic (exact) mass is 380 g/mol. The van der Waals surface area contributed by atoms with Crippen LogP contribution in [0.3, 0.4) is 0 Å². The number of benzene rings is 2. The topological polar surface area (TPSA) is 66.9 Å². The van der Waals surface area contributed by atoms with Crippen molar-refractivity contribution >= 4 is 17.8 Å². The predicted molar refractivity (Wildman–Crippen MR) is 105 cm³/mol. The van der Waals surface area contributed by atoms with Gasteiger partial charge in [-0.2, -0.15) is 0 Å². The van der Waals surface area contributed by atoms with E-state index in [1.807, 2.05) is 54.6 Å². The van der Waals surface area contributed by atoms with Crippen LogP contribution < -0.4 is 0 Å². The molecule has 2 aromatic carbocycles. The van der Waals surface area contributed by atoms with E-state index in [1.165, 1.54) is 6.92 Å². The lowest BCUT2D eigenvalue weighted by molar-refractivity contribution is -0.152. The Bertz CT molecular complexity index is 825. The van der Waals surface area contributed by atoms with Gasteiger partial charge in [0.15, 0.2) is 6.61 Å². The first-order chi connectivity index (χ1) is 13.5. The zero-order valence-electron chi connectivity index (χ0n) is 16.0. The number of carbonyl (C=O) groups is 3. The summed E-state index contributed by atoms with van der Waals surface area (Å²) < 4.78 is 5.14. The summed E-state index contributed by atoms with van der Waals surface area (Å²) >= 11 is 0. The maximum absolute atomic E-state index is 12.2. The molecule has 0 spiro atoms. The minimum Gasteiger partial charge on any atom is -0.455 e. The average Bonchev–Trinajstić information content (AvgIpc) is 2.73. The van der Waals surface area contributed by atoms with Crippen LogP contribution in [0, 0.1) is 0 Å². The second-order valence-electron chi connectivity index (χ2n) is 6.79. The molecule has 1 heterocycles. The fourth-order valence-corrected chi connectivity index (χ4v) is 3.17. The van der Waals surface area contributed by atoms with E-state index in [4.69, 9.17) is 4.74 Å². The zero-order valence-corrected chi connectivity index (χ0v) is 16.0. The van der Waals surface area contributed by atoms with Gasteiger partial charge in [0, 0.05) is 33.1 Å². The zero-order chi connectivity index (χ0) is 19.9. The highest BCUT2D eigenvalue weighted by Crippen LogP contribution is 2.19. The van der Waals surface area contributed by atoms with Crippen LogP contribution in [-0.2, 0) is 25.5 Å². The molecule has 0 bridgehead atoms. The third-order valence-corrected chi connectivity index (χ3v) is 4.84. The Morgan fingerprint density at radius 2 is 1.39 bits per heavy atom. The van der Waals surface area contributed by atoms with Gasteiger partial charge in [-0.25, -0.2) is 0 Å². The van der Waals surface area contributed by atoms with Crippen LogP contribution >= 0.6 is 0 Å². The van der Waals surface area contributed by atoms with Gasteiger partial charge in [-0.3, -0.25) is 14.4 Å². The Morgan fingerprint density at radius 1 is 0.821 bits per heavy atom. The van der Waals surface area contributed by atoms with Crippen molar-refractivity contribution in [2.24, 2.45) is 0 Å². The summed E-state index contributed by atoms with van der Waals surface area (Å²) in [5.41, 5.74) is 3.04. The molecule has 146 valence electrons. The van der Waals surface area contributed by atoms with Gasteiger partial charge in [0.25, 0.3) is 5.91 Å². The summed E-state index contributed by atoms with van der Waals surface area (Å²) in [6.45, 7) is 3.23. The number of amides is 2. The van der Waals surface area contributed by atoms with Crippen molar-refractivity contribution in [1.29, 1.82) is 0 Å². The third-order valence-electron chi connectivity index (χ3n) is 4.84. The molecule has 0 saturated carbocycles. The molecule has 28 heavy (non-hydrogen) atoms. The fraction of sp³-hybridized carbons (Fsp3) is 0.318. The van der Waals surface area contributed by atoms with Crippen molar-refractivity contribution in [2.75, 3.05) is 32.8 Å². The van der Waals surface area contributed by atoms with E-state index in [9.17, 15) is 14.4 Å². The summed E-state index contributed by atoms with van der Waals surface area (Å²) in [4.78, 5) is 38.9. The minimum absolute atomic E-state index is 0.0109. The molecule has 0 atom stereocenters. The number of piperazine rings is 1. The van der Waals surface area contributed by atoms with Crippen molar-refractivity contribution in [3.05, 3.63) is 60.2 Å². The van der Waals surface area contributed by atoms with E-state index in [1.54, 1.807) is 9.80 Å². The van der Waals surface area contributed by atoms with Gasteiger partial charge in [-0.1, -0.05) is 54.6 Å². The minimum atomic E-state index is -0.428. The number of nitrogens with zero attached hydrogens (tertiary/aromatic N) is 2. The van der Waals surface area contributed by atoms with Crippen LogP contribution in [0.15, 0.2) is 54.6 Å². The van der Waals surface area contributed by atoms with Crippen LogP contribution in [0.5, 0.6) is 0 Å². The van der Waals surface area contributed by atoms with Crippen LogP contribution in [-0.4, -0.2) is 60.4 Å². The molecule has 0 unspecified atom stereocenters. The van der Waals surface area contributed by atoms with E-state index < -0.39 is 5.97 Å². The molecule has 0 radical (unpaired) electrons.